The van der Waals surface area contributed by atoms with Gasteiger partial charge in [0, 0.05) is 5.92 Å². The summed E-state index contributed by atoms with van der Waals surface area (Å²) in [6, 6.07) is 9.27. The fourth-order valence-electron chi connectivity index (χ4n) is 3.90. The first-order valence-electron chi connectivity index (χ1n) is 10.6. The Bertz CT molecular complexity index is 890. The predicted molar refractivity (Wildman–Crippen MR) is 114 cm³/mol. The number of carboxylic acid groups (broad SMARTS) is 1. The fourth-order valence-corrected chi connectivity index (χ4v) is 3.90. The molecule has 1 aliphatic rings. The summed E-state index contributed by atoms with van der Waals surface area (Å²) in [7, 11) is 0. The Morgan fingerprint density at radius 3 is 2.52 bits per heavy atom. The van der Waals surface area contributed by atoms with E-state index in [2.05, 4.69) is 20.6 Å². The zero-order chi connectivity index (χ0) is 22.2. The van der Waals surface area contributed by atoms with E-state index in [0.29, 0.717) is 24.7 Å². The van der Waals surface area contributed by atoms with E-state index in [1.807, 2.05) is 30.3 Å². The van der Waals surface area contributed by atoms with Crippen molar-refractivity contribution < 1.29 is 19.5 Å². The van der Waals surface area contributed by atoms with Crippen LogP contribution in [-0.2, 0) is 16.0 Å². The summed E-state index contributed by atoms with van der Waals surface area (Å²) in [5.41, 5.74) is 6.92. The van der Waals surface area contributed by atoms with Gasteiger partial charge in [-0.25, -0.2) is 4.98 Å². The molecule has 1 aliphatic carbocycles. The van der Waals surface area contributed by atoms with Gasteiger partial charge in [0.25, 0.3) is 5.91 Å². The lowest BCUT2D eigenvalue weighted by atomic mass is 9.81. The van der Waals surface area contributed by atoms with Crippen molar-refractivity contribution >= 4 is 17.8 Å². The molecule has 1 heterocycles. The van der Waals surface area contributed by atoms with E-state index in [0.717, 1.165) is 31.2 Å². The van der Waals surface area contributed by atoms with Gasteiger partial charge in [-0.2, -0.15) is 0 Å². The second kappa shape index (κ2) is 10.7. The molecule has 9 nitrogen and oxygen atoms in total. The molecule has 31 heavy (non-hydrogen) atoms. The number of rotatable bonds is 9. The van der Waals surface area contributed by atoms with E-state index in [9.17, 15) is 14.4 Å². The van der Waals surface area contributed by atoms with Crippen LogP contribution in [-0.4, -0.2) is 45.9 Å². The van der Waals surface area contributed by atoms with Gasteiger partial charge in [-0.1, -0.05) is 30.3 Å². The number of hydrogen-bond acceptors (Lipinski definition) is 5. The summed E-state index contributed by atoms with van der Waals surface area (Å²) in [5.74, 6) is -0.841. The molecule has 0 spiro atoms. The van der Waals surface area contributed by atoms with Crippen LogP contribution in [0.25, 0.3) is 0 Å². The highest BCUT2D eigenvalue weighted by Crippen LogP contribution is 2.29. The number of carbonyl (C=O) groups is 3. The van der Waals surface area contributed by atoms with Crippen molar-refractivity contribution in [2.45, 2.75) is 38.1 Å². The van der Waals surface area contributed by atoms with Gasteiger partial charge in [0.15, 0.2) is 0 Å². The Labute approximate surface area is 180 Å². The molecule has 2 amide bonds. The van der Waals surface area contributed by atoms with Gasteiger partial charge < -0.3 is 26.5 Å². The van der Waals surface area contributed by atoms with Gasteiger partial charge in [-0.05, 0) is 50.1 Å². The van der Waals surface area contributed by atoms with Crippen molar-refractivity contribution in [3.8, 4) is 0 Å². The lowest BCUT2D eigenvalue weighted by molar-refractivity contribution is -0.135. The van der Waals surface area contributed by atoms with Crippen molar-refractivity contribution in [2.75, 3.05) is 13.1 Å². The molecule has 3 rings (SSSR count). The average Bonchev–Trinajstić information content (AvgIpc) is 3.28. The summed E-state index contributed by atoms with van der Waals surface area (Å²) in [5, 5.41) is 14.1. The quantitative estimate of drug-likeness (QED) is 0.408. The molecule has 2 aromatic rings. The van der Waals surface area contributed by atoms with Gasteiger partial charge in [-0.15, -0.1) is 0 Å². The van der Waals surface area contributed by atoms with Crippen LogP contribution in [0.3, 0.4) is 0 Å². The zero-order valence-electron chi connectivity index (χ0n) is 17.3. The van der Waals surface area contributed by atoms with Crippen molar-refractivity contribution in [3.05, 3.63) is 53.6 Å². The van der Waals surface area contributed by atoms with E-state index in [-0.39, 0.29) is 17.5 Å². The van der Waals surface area contributed by atoms with Gasteiger partial charge in [-0.3, -0.25) is 14.4 Å². The summed E-state index contributed by atoms with van der Waals surface area (Å²) in [4.78, 5) is 43.0. The normalized spacial score (nSPS) is 19.4. The molecule has 9 heteroatoms. The summed E-state index contributed by atoms with van der Waals surface area (Å²) < 4.78 is 0. The van der Waals surface area contributed by atoms with Crippen LogP contribution in [0.5, 0.6) is 0 Å². The Morgan fingerprint density at radius 1 is 1.16 bits per heavy atom. The first kappa shape index (κ1) is 22.5. The molecule has 0 saturated heterocycles. The number of aliphatic carboxylic acids is 1. The van der Waals surface area contributed by atoms with E-state index >= 15 is 0 Å². The van der Waals surface area contributed by atoms with E-state index in [1.54, 1.807) is 0 Å². The fraction of sp³-hybridized carbons (Fsp3) is 0.455. The van der Waals surface area contributed by atoms with Crippen molar-refractivity contribution in [1.29, 1.82) is 0 Å². The van der Waals surface area contributed by atoms with Crippen LogP contribution >= 0.6 is 0 Å². The highest BCUT2D eigenvalue weighted by molar-refractivity contribution is 5.93. The number of hydrogen-bond donors (Lipinski definition) is 5. The van der Waals surface area contributed by atoms with Crippen LogP contribution in [0.2, 0.25) is 0 Å². The zero-order valence-corrected chi connectivity index (χ0v) is 17.3. The highest BCUT2D eigenvalue weighted by Gasteiger charge is 2.28. The molecule has 0 bridgehead atoms. The molecule has 0 radical (unpaired) electrons. The molecule has 166 valence electrons. The molecule has 1 saturated carbocycles. The Kier molecular flexibility index (Phi) is 7.77. The summed E-state index contributed by atoms with van der Waals surface area (Å²) in [6.45, 7) is 0.174. The molecular weight excluding hydrogens is 398 g/mol. The van der Waals surface area contributed by atoms with Crippen LogP contribution in [0.4, 0.5) is 0 Å². The molecule has 1 atom stereocenters. The maximum atomic E-state index is 13.0. The number of carboxylic acids is 1. The van der Waals surface area contributed by atoms with E-state index in [1.165, 1.54) is 6.20 Å². The van der Waals surface area contributed by atoms with Crippen LogP contribution < -0.4 is 16.4 Å². The van der Waals surface area contributed by atoms with Crippen LogP contribution in [0.15, 0.2) is 36.5 Å². The minimum atomic E-state index is -1.13. The lowest BCUT2D eigenvalue weighted by Gasteiger charge is -2.28. The summed E-state index contributed by atoms with van der Waals surface area (Å²) in [6.07, 6.45) is 5.39. The third-order valence-corrected chi connectivity index (χ3v) is 5.72. The number of aromatic amines is 1. The van der Waals surface area contributed by atoms with Crippen molar-refractivity contribution in [3.63, 3.8) is 0 Å². The molecule has 1 aromatic carbocycles. The third-order valence-electron chi connectivity index (χ3n) is 5.72. The predicted octanol–water partition coefficient (Wildman–Crippen LogP) is 1.39. The molecule has 0 unspecified atom stereocenters. The molecule has 6 N–H and O–H groups in total. The second-order valence-electron chi connectivity index (χ2n) is 7.96. The summed E-state index contributed by atoms with van der Waals surface area (Å²) >= 11 is 0. The van der Waals surface area contributed by atoms with Gasteiger partial charge in [0.2, 0.25) is 5.91 Å². The molecule has 0 aliphatic heterocycles. The monoisotopic (exact) mass is 427 g/mol. The first-order chi connectivity index (χ1) is 15.0. The second-order valence-corrected chi connectivity index (χ2v) is 7.96. The first-order valence-corrected chi connectivity index (χ1v) is 10.6. The largest absolute Gasteiger partial charge is 0.480 e. The average molecular weight is 428 g/mol. The number of nitrogens with zero attached hydrogens (tertiary/aromatic N) is 1. The highest BCUT2D eigenvalue weighted by atomic mass is 16.4. The smallest absolute Gasteiger partial charge is 0.322 e. The number of amides is 2. The number of carbonyl (C=O) groups excluding carboxylic acids is 2. The number of nitrogens with two attached hydrogens (primary N) is 1. The van der Waals surface area contributed by atoms with Gasteiger partial charge in [0.05, 0.1) is 12.2 Å². The minimum Gasteiger partial charge on any atom is -0.480 e. The number of benzene rings is 1. The Balaban J connectivity index is 1.72. The van der Waals surface area contributed by atoms with Gasteiger partial charge >= 0.3 is 5.97 Å². The SMILES string of the molecule is NCC1CCC(C(=O)N[C@@H](Cc2ccccc2)c2ncc(C(=O)NCC(=O)O)[nH]2)CC1. The molecule has 1 aromatic heterocycles. The molecule has 1 fully saturated rings. The number of nitrogens with one attached hydrogen (secondary N) is 3. The van der Waals surface area contributed by atoms with Crippen molar-refractivity contribution in [2.24, 2.45) is 17.6 Å². The number of imidazole rings is 1. The van der Waals surface area contributed by atoms with E-state index < -0.39 is 24.5 Å². The number of aromatic nitrogens is 2. The van der Waals surface area contributed by atoms with Crippen LogP contribution in [0, 0.1) is 11.8 Å². The third kappa shape index (κ3) is 6.39. The Morgan fingerprint density at radius 2 is 1.87 bits per heavy atom. The number of H-pyrrole nitrogens is 1. The van der Waals surface area contributed by atoms with E-state index in [4.69, 9.17) is 10.8 Å². The maximum absolute atomic E-state index is 13.0. The minimum absolute atomic E-state index is 0.0234. The molecular formula is C22H29N5O4. The maximum Gasteiger partial charge on any atom is 0.322 e. The standard InChI is InChI=1S/C22H29N5O4/c23-11-15-6-8-16(9-7-15)21(30)27-17(10-14-4-2-1-3-5-14)20-24-12-18(26-20)22(31)25-13-19(28)29/h1-5,12,15-17H,6-11,13,23H2,(H,24,26)(H,25,31)(H,27,30)(H,28,29)/t15?,16?,17-/m0/s1. The topological polar surface area (TPSA) is 150 Å². The Hall–Kier alpha value is -3.20. The van der Waals surface area contributed by atoms with Crippen LogP contribution in [0.1, 0.15) is 53.6 Å². The lowest BCUT2D eigenvalue weighted by Crippen LogP contribution is -2.37. The van der Waals surface area contributed by atoms with Gasteiger partial charge in [0.1, 0.15) is 18.1 Å². The van der Waals surface area contributed by atoms with Crippen molar-refractivity contribution in [1.82, 2.24) is 20.6 Å².